The third-order valence-electron chi connectivity index (χ3n) is 1.51. The second-order valence-electron chi connectivity index (χ2n) is 2.32. The highest BCUT2D eigenvalue weighted by Crippen LogP contribution is 2.10. The van der Waals surface area contributed by atoms with E-state index in [1.54, 1.807) is 30.3 Å². The summed E-state index contributed by atoms with van der Waals surface area (Å²) in [6.45, 7) is 0. The molecule has 0 aliphatic rings. The second-order valence-corrected chi connectivity index (χ2v) is 2.32. The Labute approximate surface area is 69.4 Å². The van der Waals surface area contributed by atoms with E-state index in [2.05, 4.69) is 5.18 Å². The Morgan fingerprint density at radius 2 is 1.92 bits per heavy atom. The van der Waals surface area contributed by atoms with E-state index < -0.39 is 11.9 Å². The van der Waals surface area contributed by atoms with Gasteiger partial charge in [-0.25, -0.2) is 0 Å². The largest absolute Gasteiger partial charge is 0.316 e. The molecule has 1 aromatic rings. The molecule has 0 aliphatic carbocycles. The van der Waals surface area contributed by atoms with Crippen molar-refractivity contribution in [3.8, 4) is 0 Å². The molecule has 0 fully saturated rings. The van der Waals surface area contributed by atoms with Crippen LogP contribution >= 0.6 is 0 Å². The minimum atomic E-state index is -0.927. The van der Waals surface area contributed by atoms with Crippen molar-refractivity contribution >= 4 is 5.91 Å². The molecule has 1 amide bonds. The van der Waals surface area contributed by atoms with Crippen LogP contribution in [-0.2, 0) is 4.79 Å². The summed E-state index contributed by atoms with van der Waals surface area (Å²) in [5.41, 5.74) is 6.00. The number of carbonyl (C=O) groups is 1. The molecule has 1 atom stereocenters. The van der Waals surface area contributed by atoms with E-state index in [-0.39, 0.29) is 0 Å². The van der Waals surface area contributed by atoms with Gasteiger partial charge in [-0.2, -0.15) is 0 Å². The first-order chi connectivity index (χ1) is 5.75. The van der Waals surface area contributed by atoms with Gasteiger partial charge in [-0.3, -0.25) is 4.79 Å². The van der Waals surface area contributed by atoms with E-state index in [4.69, 9.17) is 5.73 Å². The van der Waals surface area contributed by atoms with Crippen molar-refractivity contribution in [3.63, 3.8) is 0 Å². The highest BCUT2D eigenvalue weighted by atomic mass is 16.3. The topological polar surface area (TPSA) is 72.5 Å². The fraction of sp³-hybridized carbons (Fsp3) is 0.125. The molecule has 0 saturated heterocycles. The summed E-state index contributed by atoms with van der Waals surface area (Å²) in [5.74, 6) is -0.846. The molecule has 2 N–H and O–H groups in total. The highest BCUT2D eigenvalue weighted by Gasteiger charge is 2.14. The Kier molecular flexibility index (Phi) is 2.66. The number of carbonyl (C=O) groups excluding carboxylic acids is 1. The number of amides is 1. The van der Waals surface area contributed by atoms with Gasteiger partial charge in [-0.05, 0) is 5.56 Å². The number of hydrogen-bond acceptors (Lipinski definition) is 3. The SMILES string of the molecule is N[C@H](C(=O)N=O)c1ccccc1. The third-order valence-corrected chi connectivity index (χ3v) is 1.51. The van der Waals surface area contributed by atoms with E-state index in [0.717, 1.165) is 0 Å². The molecule has 0 saturated carbocycles. The number of nitrogens with zero attached hydrogens (tertiary/aromatic N) is 1. The first-order valence-electron chi connectivity index (χ1n) is 3.43. The lowest BCUT2D eigenvalue weighted by molar-refractivity contribution is -0.119. The standard InChI is InChI=1S/C8H8N2O2/c9-7(8(11)10-12)6-4-2-1-3-5-6/h1-5,7H,9H2/t7-/m0/s1. The number of benzene rings is 1. The molecule has 1 rings (SSSR count). The first-order valence-corrected chi connectivity index (χ1v) is 3.43. The molecule has 62 valence electrons. The maximum Gasteiger partial charge on any atom is 0.307 e. The predicted octanol–water partition coefficient (Wildman–Crippen LogP) is 0.979. The van der Waals surface area contributed by atoms with E-state index >= 15 is 0 Å². The minimum Gasteiger partial charge on any atom is -0.316 e. The van der Waals surface area contributed by atoms with Gasteiger partial charge in [-0.15, -0.1) is 4.91 Å². The Hall–Kier alpha value is -1.55. The fourth-order valence-corrected chi connectivity index (χ4v) is 0.860. The zero-order valence-electron chi connectivity index (χ0n) is 6.31. The first kappa shape index (κ1) is 8.55. The number of rotatable bonds is 2. The van der Waals surface area contributed by atoms with Crippen LogP contribution in [0.4, 0.5) is 0 Å². The lowest BCUT2D eigenvalue weighted by atomic mass is 10.1. The monoisotopic (exact) mass is 164 g/mol. The lowest BCUT2D eigenvalue weighted by Gasteiger charge is -2.04. The molecule has 0 radical (unpaired) electrons. The molecular weight excluding hydrogens is 156 g/mol. The van der Waals surface area contributed by atoms with Crippen LogP contribution in [0.25, 0.3) is 0 Å². The van der Waals surface area contributed by atoms with Crippen molar-refractivity contribution in [2.75, 3.05) is 0 Å². The Morgan fingerprint density at radius 1 is 1.33 bits per heavy atom. The van der Waals surface area contributed by atoms with Crippen molar-refractivity contribution in [1.82, 2.24) is 0 Å². The number of nitroso groups, excluding NO2 is 1. The van der Waals surface area contributed by atoms with Crippen molar-refractivity contribution in [2.45, 2.75) is 6.04 Å². The van der Waals surface area contributed by atoms with Gasteiger partial charge in [0.25, 0.3) is 0 Å². The van der Waals surface area contributed by atoms with Crippen molar-refractivity contribution in [2.24, 2.45) is 10.9 Å². The van der Waals surface area contributed by atoms with Gasteiger partial charge in [0.15, 0.2) is 0 Å². The second kappa shape index (κ2) is 3.73. The van der Waals surface area contributed by atoms with Gasteiger partial charge in [0.2, 0.25) is 0 Å². The van der Waals surface area contributed by atoms with Gasteiger partial charge in [0.1, 0.15) is 6.04 Å². The van der Waals surface area contributed by atoms with Crippen LogP contribution in [0.2, 0.25) is 0 Å². The summed E-state index contributed by atoms with van der Waals surface area (Å²) in [6, 6.07) is 7.71. The van der Waals surface area contributed by atoms with E-state index in [1.165, 1.54) is 0 Å². The molecular formula is C8H8N2O2. The number of hydrogen-bond donors (Lipinski definition) is 1. The maximum absolute atomic E-state index is 10.7. The average molecular weight is 164 g/mol. The average Bonchev–Trinajstić information content (AvgIpc) is 2.17. The molecule has 0 bridgehead atoms. The normalized spacial score (nSPS) is 12.1. The molecule has 0 aliphatic heterocycles. The molecule has 12 heavy (non-hydrogen) atoms. The highest BCUT2D eigenvalue weighted by molar-refractivity contribution is 5.83. The van der Waals surface area contributed by atoms with Gasteiger partial charge >= 0.3 is 5.91 Å². The van der Waals surface area contributed by atoms with Crippen LogP contribution in [0.1, 0.15) is 11.6 Å². The summed E-state index contributed by atoms with van der Waals surface area (Å²) in [7, 11) is 0. The van der Waals surface area contributed by atoms with E-state index in [1.807, 2.05) is 0 Å². The third kappa shape index (κ3) is 1.73. The molecule has 0 unspecified atom stereocenters. The zero-order valence-corrected chi connectivity index (χ0v) is 6.31. The Morgan fingerprint density at radius 3 is 2.42 bits per heavy atom. The fourth-order valence-electron chi connectivity index (χ4n) is 0.860. The lowest BCUT2D eigenvalue weighted by Crippen LogP contribution is -2.18. The van der Waals surface area contributed by atoms with E-state index in [0.29, 0.717) is 5.56 Å². The molecule has 0 spiro atoms. The van der Waals surface area contributed by atoms with Crippen molar-refractivity contribution in [1.29, 1.82) is 0 Å². The van der Waals surface area contributed by atoms with Crippen LogP contribution in [0, 0.1) is 4.91 Å². The Bertz CT molecular complexity index is 284. The summed E-state index contributed by atoms with van der Waals surface area (Å²) >= 11 is 0. The van der Waals surface area contributed by atoms with Crippen molar-refractivity contribution < 1.29 is 4.79 Å². The summed E-state index contributed by atoms with van der Waals surface area (Å²) in [6.07, 6.45) is 0. The summed E-state index contributed by atoms with van der Waals surface area (Å²) < 4.78 is 0. The van der Waals surface area contributed by atoms with Crippen LogP contribution in [-0.4, -0.2) is 5.91 Å². The van der Waals surface area contributed by atoms with Crippen LogP contribution in [0.3, 0.4) is 0 Å². The van der Waals surface area contributed by atoms with Crippen LogP contribution in [0.15, 0.2) is 35.5 Å². The summed E-state index contributed by atoms with van der Waals surface area (Å²) in [5, 5.41) is 2.25. The molecule has 1 aromatic carbocycles. The van der Waals surface area contributed by atoms with Crippen LogP contribution < -0.4 is 5.73 Å². The number of nitrogens with two attached hydrogens (primary N) is 1. The predicted molar refractivity (Wildman–Crippen MR) is 44.2 cm³/mol. The smallest absolute Gasteiger partial charge is 0.307 e. The molecule has 0 aromatic heterocycles. The molecule has 4 nitrogen and oxygen atoms in total. The molecule has 4 heteroatoms. The summed E-state index contributed by atoms with van der Waals surface area (Å²) in [4.78, 5) is 20.5. The minimum absolute atomic E-state index is 0.599. The maximum atomic E-state index is 10.7. The van der Waals surface area contributed by atoms with Gasteiger partial charge in [-0.1, -0.05) is 30.3 Å². The quantitative estimate of drug-likeness (QED) is 0.662. The van der Waals surface area contributed by atoms with Gasteiger partial charge < -0.3 is 5.73 Å². The molecule has 0 heterocycles. The van der Waals surface area contributed by atoms with Gasteiger partial charge in [0.05, 0.1) is 0 Å². The zero-order chi connectivity index (χ0) is 8.97. The van der Waals surface area contributed by atoms with Crippen molar-refractivity contribution in [3.05, 3.63) is 40.8 Å². The van der Waals surface area contributed by atoms with Crippen LogP contribution in [0.5, 0.6) is 0 Å². The van der Waals surface area contributed by atoms with Gasteiger partial charge in [0, 0.05) is 5.18 Å². The Balaban J connectivity index is 2.85. The van der Waals surface area contributed by atoms with E-state index in [9.17, 15) is 9.70 Å².